The quantitative estimate of drug-likeness (QED) is 0.510. The number of rotatable bonds is 2. The molecule has 1 aromatic heterocycles. The molecule has 0 fully saturated rings. The van der Waals surface area contributed by atoms with Crippen molar-refractivity contribution in [2.45, 2.75) is 0 Å². The highest BCUT2D eigenvalue weighted by Gasteiger charge is 2.13. The Morgan fingerprint density at radius 3 is 2.32 bits per heavy atom. The van der Waals surface area contributed by atoms with E-state index in [-0.39, 0.29) is 0 Å². The Bertz CT molecular complexity index is 962. The van der Waals surface area contributed by atoms with Crippen molar-refractivity contribution in [1.82, 2.24) is 10.2 Å². The molecule has 4 rings (SSSR count). The molecule has 0 aliphatic rings. The SMILES string of the molecule is Clc1ccccc1-c1nnc(-c2ccc3ccccc3c2)o1. The van der Waals surface area contributed by atoms with Crippen LogP contribution in [0, 0.1) is 0 Å². The first-order valence-electron chi connectivity index (χ1n) is 6.89. The van der Waals surface area contributed by atoms with E-state index >= 15 is 0 Å². The first-order chi connectivity index (χ1) is 10.8. The van der Waals surface area contributed by atoms with Crippen molar-refractivity contribution < 1.29 is 4.42 Å². The Morgan fingerprint density at radius 1 is 0.727 bits per heavy atom. The molecule has 3 nitrogen and oxygen atoms in total. The van der Waals surface area contributed by atoms with Crippen LogP contribution in [-0.2, 0) is 0 Å². The monoisotopic (exact) mass is 306 g/mol. The average molecular weight is 307 g/mol. The standard InChI is InChI=1S/C18H11ClN2O/c19-16-8-4-3-7-15(16)18-21-20-17(22-18)14-10-9-12-5-1-2-6-13(12)11-14/h1-11H. The summed E-state index contributed by atoms with van der Waals surface area (Å²) < 4.78 is 5.78. The molecule has 0 unspecified atom stereocenters. The second-order valence-corrected chi connectivity index (χ2v) is 5.36. The summed E-state index contributed by atoms with van der Waals surface area (Å²) in [5, 5.41) is 11.1. The molecule has 4 heteroatoms. The van der Waals surface area contributed by atoms with Gasteiger partial charge in [-0.05, 0) is 35.0 Å². The van der Waals surface area contributed by atoms with Crippen molar-refractivity contribution in [2.75, 3.05) is 0 Å². The molecule has 0 bridgehead atoms. The highest BCUT2D eigenvalue weighted by atomic mass is 35.5. The molecule has 22 heavy (non-hydrogen) atoms. The molecular weight excluding hydrogens is 296 g/mol. The Balaban J connectivity index is 1.78. The molecule has 0 aliphatic heterocycles. The van der Waals surface area contributed by atoms with E-state index in [9.17, 15) is 0 Å². The van der Waals surface area contributed by atoms with E-state index in [2.05, 4.69) is 22.3 Å². The van der Waals surface area contributed by atoms with Gasteiger partial charge in [0.2, 0.25) is 11.8 Å². The third-order valence-corrected chi connectivity index (χ3v) is 3.86. The third-order valence-electron chi connectivity index (χ3n) is 3.53. The Kier molecular flexibility index (Phi) is 3.13. The largest absolute Gasteiger partial charge is 0.416 e. The Hall–Kier alpha value is -2.65. The minimum Gasteiger partial charge on any atom is -0.416 e. The summed E-state index contributed by atoms with van der Waals surface area (Å²) >= 11 is 6.16. The van der Waals surface area contributed by atoms with E-state index < -0.39 is 0 Å². The van der Waals surface area contributed by atoms with E-state index in [0.29, 0.717) is 16.8 Å². The zero-order chi connectivity index (χ0) is 14.9. The molecule has 0 N–H and O–H groups in total. The van der Waals surface area contributed by atoms with E-state index in [0.717, 1.165) is 16.5 Å². The number of halogens is 1. The van der Waals surface area contributed by atoms with Crippen LogP contribution >= 0.6 is 11.6 Å². The van der Waals surface area contributed by atoms with Crippen LogP contribution in [0.2, 0.25) is 5.02 Å². The van der Waals surface area contributed by atoms with Crippen molar-refractivity contribution in [2.24, 2.45) is 0 Å². The van der Waals surface area contributed by atoms with Crippen molar-refractivity contribution in [3.63, 3.8) is 0 Å². The lowest BCUT2D eigenvalue weighted by Crippen LogP contribution is -1.79. The smallest absolute Gasteiger partial charge is 0.249 e. The predicted octanol–water partition coefficient (Wildman–Crippen LogP) is 5.21. The van der Waals surface area contributed by atoms with Gasteiger partial charge in [-0.15, -0.1) is 10.2 Å². The molecule has 0 saturated carbocycles. The van der Waals surface area contributed by atoms with Crippen molar-refractivity contribution in [1.29, 1.82) is 0 Å². The Labute approximate surface area is 132 Å². The van der Waals surface area contributed by atoms with Gasteiger partial charge in [-0.3, -0.25) is 0 Å². The number of hydrogen-bond acceptors (Lipinski definition) is 3. The lowest BCUT2D eigenvalue weighted by molar-refractivity contribution is 0.584. The first kappa shape index (κ1) is 13.0. The van der Waals surface area contributed by atoms with Crippen molar-refractivity contribution >= 4 is 22.4 Å². The second-order valence-electron chi connectivity index (χ2n) is 4.95. The molecular formula is C18H11ClN2O. The van der Waals surface area contributed by atoms with Gasteiger partial charge in [-0.2, -0.15) is 0 Å². The van der Waals surface area contributed by atoms with Gasteiger partial charge in [0.1, 0.15) is 0 Å². The van der Waals surface area contributed by atoms with E-state index in [4.69, 9.17) is 16.0 Å². The van der Waals surface area contributed by atoms with E-state index in [1.165, 1.54) is 5.39 Å². The van der Waals surface area contributed by atoms with Gasteiger partial charge in [0.05, 0.1) is 10.6 Å². The zero-order valence-electron chi connectivity index (χ0n) is 11.5. The number of benzene rings is 3. The van der Waals surface area contributed by atoms with Crippen LogP contribution in [0.4, 0.5) is 0 Å². The molecule has 0 saturated heterocycles. The van der Waals surface area contributed by atoms with Gasteiger partial charge in [0.15, 0.2) is 0 Å². The van der Waals surface area contributed by atoms with Crippen LogP contribution in [0.5, 0.6) is 0 Å². The fourth-order valence-electron chi connectivity index (χ4n) is 2.41. The van der Waals surface area contributed by atoms with Crippen LogP contribution < -0.4 is 0 Å². The third kappa shape index (κ3) is 2.26. The number of aromatic nitrogens is 2. The molecule has 106 valence electrons. The van der Waals surface area contributed by atoms with Crippen LogP contribution in [0.3, 0.4) is 0 Å². The lowest BCUT2D eigenvalue weighted by Gasteiger charge is -2.00. The number of fused-ring (bicyclic) bond motifs is 1. The minimum absolute atomic E-state index is 0.425. The van der Waals surface area contributed by atoms with Crippen LogP contribution in [0.15, 0.2) is 71.1 Å². The summed E-state index contributed by atoms with van der Waals surface area (Å²) in [6.45, 7) is 0. The van der Waals surface area contributed by atoms with Gasteiger partial charge in [0.25, 0.3) is 0 Å². The molecule has 0 atom stereocenters. The van der Waals surface area contributed by atoms with Gasteiger partial charge in [-0.1, -0.05) is 54.1 Å². The normalized spacial score (nSPS) is 11.0. The maximum absolute atomic E-state index is 6.16. The topological polar surface area (TPSA) is 38.9 Å². The molecule has 0 aliphatic carbocycles. The number of hydrogen-bond donors (Lipinski definition) is 0. The van der Waals surface area contributed by atoms with Gasteiger partial charge >= 0.3 is 0 Å². The zero-order valence-corrected chi connectivity index (χ0v) is 12.3. The minimum atomic E-state index is 0.425. The molecule has 0 amide bonds. The van der Waals surface area contributed by atoms with E-state index in [1.807, 2.05) is 48.5 Å². The maximum Gasteiger partial charge on any atom is 0.249 e. The highest BCUT2D eigenvalue weighted by molar-refractivity contribution is 6.33. The molecule has 4 aromatic rings. The van der Waals surface area contributed by atoms with Gasteiger partial charge in [0, 0.05) is 5.56 Å². The summed E-state index contributed by atoms with van der Waals surface area (Å²) in [5.41, 5.74) is 1.63. The first-order valence-corrected chi connectivity index (χ1v) is 7.27. The second kappa shape index (κ2) is 5.28. The Morgan fingerprint density at radius 2 is 1.45 bits per heavy atom. The summed E-state index contributed by atoms with van der Waals surface area (Å²) in [5.74, 6) is 0.912. The van der Waals surface area contributed by atoms with Crippen LogP contribution in [-0.4, -0.2) is 10.2 Å². The number of nitrogens with zero attached hydrogens (tertiary/aromatic N) is 2. The predicted molar refractivity (Wildman–Crippen MR) is 87.7 cm³/mol. The van der Waals surface area contributed by atoms with E-state index in [1.54, 1.807) is 6.07 Å². The summed E-state index contributed by atoms with van der Waals surface area (Å²) in [6.07, 6.45) is 0. The average Bonchev–Trinajstić information content (AvgIpc) is 3.04. The van der Waals surface area contributed by atoms with Gasteiger partial charge < -0.3 is 4.42 Å². The summed E-state index contributed by atoms with van der Waals surface area (Å²) in [4.78, 5) is 0. The van der Waals surface area contributed by atoms with Crippen LogP contribution in [0.1, 0.15) is 0 Å². The molecule has 0 spiro atoms. The highest BCUT2D eigenvalue weighted by Crippen LogP contribution is 2.30. The molecule has 1 heterocycles. The van der Waals surface area contributed by atoms with Crippen molar-refractivity contribution in [3.05, 3.63) is 71.8 Å². The fraction of sp³-hybridized carbons (Fsp3) is 0. The summed E-state index contributed by atoms with van der Waals surface area (Å²) in [7, 11) is 0. The van der Waals surface area contributed by atoms with Crippen molar-refractivity contribution in [3.8, 4) is 22.9 Å². The van der Waals surface area contributed by atoms with Gasteiger partial charge in [-0.25, -0.2) is 0 Å². The maximum atomic E-state index is 6.16. The molecule has 0 radical (unpaired) electrons. The lowest BCUT2D eigenvalue weighted by atomic mass is 10.1. The molecule has 3 aromatic carbocycles. The fourth-order valence-corrected chi connectivity index (χ4v) is 2.62. The van der Waals surface area contributed by atoms with Crippen LogP contribution in [0.25, 0.3) is 33.7 Å². The summed E-state index contributed by atoms with van der Waals surface area (Å²) in [6, 6.07) is 21.6.